The Morgan fingerprint density at radius 2 is 2.00 bits per heavy atom. The molecule has 0 bridgehead atoms. The molecule has 8 nitrogen and oxygen atoms in total. The summed E-state index contributed by atoms with van der Waals surface area (Å²) in [6.45, 7) is 5.91. The van der Waals surface area contributed by atoms with Crippen LogP contribution in [-0.4, -0.2) is 52.1 Å². The highest BCUT2D eigenvalue weighted by atomic mass is 32.2. The lowest BCUT2D eigenvalue weighted by atomic mass is 10.2. The molecule has 1 aromatic heterocycles. The number of aryl methyl sites for hydroxylation is 1. The molecular formula is C19H25N3O5S. The highest BCUT2D eigenvalue weighted by Gasteiger charge is 2.27. The largest absolute Gasteiger partial charge is 0.468 e. The van der Waals surface area contributed by atoms with Gasteiger partial charge in [-0.2, -0.15) is 0 Å². The average molecular weight is 407 g/mol. The second-order valence-corrected chi connectivity index (χ2v) is 8.43. The van der Waals surface area contributed by atoms with E-state index in [4.69, 9.17) is 9.15 Å². The summed E-state index contributed by atoms with van der Waals surface area (Å²) in [5.41, 5.74) is 1.12. The predicted molar refractivity (Wildman–Crippen MR) is 105 cm³/mol. The van der Waals surface area contributed by atoms with Crippen LogP contribution in [0.4, 0.5) is 5.69 Å². The Bertz CT molecular complexity index is 906. The number of benzene rings is 1. The molecule has 1 fully saturated rings. The van der Waals surface area contributed by atoms with Crippen molar-refractivity contribution in [2.45, 2.75) is 24.8 Å². The lowest BCUT2D eigenvalue weighted by Gasteiger charge is -2.33. The first kappa shape index (κ1) is 20.5. The van der Waals surface area contributed by atoms with Gasteiger partial charge in [0.05, 0.1) is 30.4 Å². The molecule has 1 aromatic carbocycles. The van der Waals surface area contributed by atoms with Crippen LogP contribution in [0.1, 0.15) is 24.3 Å². The number of ether oxygens (including phenoxy) is 1. The number of anilines is 1. The van der Waals surface area contributed by atoms with Gasteiger partial charge < -0.3 is 14.5 Å². The Morgan fingerprint density at radius 3 is 2.61 bits per heavy atom. The number of amides is 1. The number of furan rings is 1. The third kappa shape index (κ3) is 4.99. The zero-order valence-electron chi connectivity index (χ0n) is 16.0. The molecule has 0 spiro atoms. The van der Waals surface area contributed by atoms with Crippen molar-refractivity contribution in [3.05, 3.63) is 47.9 Å². The van der Waals surface area contributed by atoms with Gasteiger partial charge in [0.15, 0.2) is 0 Å². The van der Waals surface area contributed by atoms with Gasteiger partial charge in [0.1, 0.15) is 5.76 Å². The van der Waals surface area contributed by atoms with E-state index in [-0.39, 0.29) is 23.4 Å². The van der Waals surface area contributed by atoms with Crippen molar-refractivity contribution in [2.75, 3.05) is 38.2 Å². The first-order valence-corrected chi connectivity index (χ1v) is 10.6. The highest BCUT2D eigenvalue weighted by Crippen LogP contribution is 2.24. The molecule has 1 unspecified atom stereocenters. The van der Waals surface area contributed by atoms with Crippen LogP contribution in [-0.2, 0) is 19.6 Å². The summed E-state index contributed by atoms with van der Waals surface area (Å²) in [6, 6.07) is 8.15. The van der Waals surface area contributed by atoms with Gasteiger partial charge in [-0.15, -0.1) is 0 Å². The lowest BCUT2D eigenvalue weighted by molar-refractivity contribution is -0.114. The van der Waals surface area contributed by atoms with Gasteiger partial charge in [0.2, 0.25) is 15.9 Å². The number of morpholine rings is 1. The number of hydrogen-bond acceptors (Lipinski definition) is 6. The number of sulfonamides is 1. The summed E-state index contributed by atoms with van der Waals surface area (Å²) < 4.78 is 39.4. The molecule has 1 atom stereocenters. The fourth-order valence-electron chi connectivity index (χ4n) is 3.28. The van der Waals surface area contributed by atoms with Crippen molar-refractivity contribution in [3.63, 3.8) is 0 Å². The Morgan fingerprint density at radius 1 is 1.25 bits per heavy atom. The summed E-state index contributed by atoms with van der Waals surface area (Å²) >= 11 is 0. The molecule has 1 aliphatic rings. The molecule has 28 heavy (non-hydrogen) atoms. The van der Waals surface area contributed by atoms with Crippen molar-refractivity contribution >= 4 is 21.6 Å². The van der Waals surface area contributed by atoms with Gasteiger partial charge in [-0.1, -0.05) is 0 Å². The zero-order valence-corrected chi connectivity index (χ0v) is 16.8. The molecule has 2 N–H and O–H groups in total. The maximum absolute atomic E-state index is 12.9. The van der Waals surface area contributed by atoms with Crippen LogP contribution < -0.4 is 10.0 Å². The second-order valence-electron chi connectivity index (χ2n) is 6.69. The van der Waals surface area contributed by atoms with Crippen LogP contribution in [0.3, 0.4) is 0 Å². The van der Waals surface area contributed by atoms with Crippen molar-refractivity contribution in [3.8, 4) is 0 Å². The van der Waals surface area contributed by atoms with Crippen LogP contribution in [0.5, 0.6) is 0 Å². The van der Waals surface area contributed by atoms with Gasteiger partial charge >= 0.3 is 0 Å². The van der Waals surface area contributed by atoms with E-state index in [1.165, 1.54) is 13.0 Å². The van der Waals surface area contributed by atoms with E-state index >= 15 is 0 Å². The molecular weight excluding hydrogens is 382 g/mol. The molecule has 2 heterocycles. The third-order valence-corrected chi connectivity index (χ3v) is 6.19. The van der Waals surface area contributed by atoms with Gasteiger partial charge in [-0.3, -0.25) is 9.69 Å². The van der Waals surface area contributed by atoms with E-state index in [0.29, 0.717) is 43.3 Å². The van der Waals surface area contributed by atoms with Crippen molar-refractivity contribution in [2.24, 2.45) is 0 Å². The third-order valence-electron chi connectivity index (χ3n) is 4.61. The van der Waals surface area contributed by atoms with Crippen molar-refractivity contribution < 1.29 is 22.4 Å². The molecule has 2 aromatic rings. The van der Waals surface area contributed by atoms with Crippen LogP contribution >= 0.6 is 0 Å². The first-order valence-electron chi connectivity index (χ1n) is 9.10. The van der Waals surface area contributed by atoms with E-state index < -0.39 is 10.0 Å². The Balaban J connectivity index is 1.76. The minimum atomic E-state index is -3.72. The molecule has 3 rings (SSSR count). The van der Waals surface area contributed by atoms with Gasteiger partial charge in [-0.05, 0) is 42.8 Å². The Labute approximate surface area is 164 Å². The van der Waals surface area contributed by atoms with Crippen molar-refractivity contribution in [1.82, 2.24) is 9.62 Å². The second kappa shape index (κ2) is 8.87. The number of carbonyl (C=O) groups excluding carboxylic acids is 1. The molecule has 152 valence electrons. The first-order chi connectivity index (χ1) is 13.4. The number of carbonyl (C=O) groups is 1. The van der Waals surface area contributed by atoms with Crippen molar-refractivity contribution in [1.29, 1.82) is 0 Å². The molecule has 0 saturated carbocycles. The number of nitrogens with one attached hydrogen (secondary N) is 2. The SMILES string of the molecule is CC(=O)Nc1ccc(S(=O)(=O)NCC(c2ccco2)N2CCOCC2)c(C)c1. The average Bonchev–Trinajstić information content (AvgIpc) is 3.16. The van der Waals surface area contributed by atoms with Crippen LogP contribution in [0.25, 0.3) is 0 Å². The standard InChI is InChI=1S/C19H25N3O5S/c1-14-12-16(21-15(2)23)5-6-19(14)28(24,25)20-13-17(18-4-3-9-27-18)22-7-10-26-11-8-22/h3-6,9,12,17,20H,7-8,10-11,13H2,1-2H3,(H,21,23). The molecule has 1 amide bonds. The van der Waals surface area contributed by atoms with E-state index in [1.807, 2.05) is 6.07 Å². The Kier molecular flexibility index (Phi) is 6.50. The van der Waals surface area contributed by atoms with Gasteiger partial charge in [0.25, 0.3) is 0 Å². The fraction of sp³-hybridized carbons (Fsp3) is 0.421. The summed E-state index contributed by atoms with van der Waals surface area (Å²) in [5.74, 6) is 0.502. The van der Waals surface area contributed by atoms with E-state index in [9.17, 15) is 13.2 Å². The quantitative estimate of drug-likeness (QED) is 0.727. The van der Waals surface area contributed by atoms with Crippen LogP contribution in [0.15, 0.2) is 45.9 Å². The molecule has 0 radical (unpaired) electrons. The topological polar surface area (TPSA) is 101 Å². The minimum Gasteiger partial charge on any atom is -0.468 e. The molecule has 0 aliphatic carbocycles. The number of hydrogen-bond donors (Lipinski definition) is 2. The molecule has 1 aliphatic heterocycles. The zero-order chi connectivity index (χ0) is 20.1. The van der Waals surface area contributed by atoms with Crippen LogP contribution in [0.2, 0.25) is 0 Å². The van der Waals surface area contributed by atoms with E-state index in [0.717, 1.165) is 0 Å². The highest BCUT2D eigenvalue weighted by molar-refractivity contribution is 7.89. The lowest BCUT2D eigenvalue weighted by Crippen LogP contribution is -2.43. The monoisotopic (exact) mass is 407 g/mol. The maximum Gasteiger partial charge on any atom is 0.240 e. The van der Waals surface area contributed by atoms with Gasteiger partial charge in [0, 0.05) is 32.2 Å². The van der Waals surface area contributed by atoms with E-state index in [2.05, 4.69) is 14.9 Å². The summed E-state index contributed by atoms with van der Waals surface area (Å²) in [7, 11) is -3.72. The maximum atomic E-state index is 12.9. The number of nitrogens with zero attached hydrogens (tertiary/aromatic N) is 1. The van der Waals surface area contributed by atoms with Gasteiger partial charge in [-0.25, -0.2) is 13.1 Å². The summed E-state index contributed by atoms with van der Waals surface area (Å²) in [4.78, 5) is 13.5. The normalized spacial score (nSPS) is 16.6. The fourth-order valence-corrected chi connectivity index (χ4v) is 4.54. The minimum absolute atomic E-state index is 0.182. The Hall–Kier alpha value is -2.20. The smallest absolute Gasteiger partial charge is 0.240 e. The molecule has 9 heteroatoms. The van der Waals surface area contributed by atoms with Crippen LogP contribution in [0, 0.1) is 6.92 Å². The summed E-state index contributed by atoms with van der Waals surface area (Å²) in [6.07, 6.45) is 1.59. The van der Waals surface area contributed by atoms with E-state index in [1.54, 1.807) is 31.4 Å². The molecule has 1 saturated heterocycles. The summed E-state index contributed by atoms with van der Waals surface area (Å²) in [5, 5.41) is 2.65. The predicted octanol–water partition coefficient (Wildman–Crippen LogP) is 1.90. The number of rotatable bonds is 7.